The maximum Gasteiger partial charge on any atom is 0.234 e. The second-order valence-corrected chi connectivity index (χ2v) is 8.81. The predicted octanol–water partition coefficient (Wildman–Crippen LogP) is 1.43. The Morgan fingerprint density at radius 2 is 1.94 bits per heavy atom. The number of carbonyl (C=O) groups excluding carboxylic acids is 2. The molecular formula is C23H28N8O2. The quantitative estimate of drug-likeness (QED) is 0.585. The number of likely N-dealkylation sites (tertiary alicyclic amines) is 1. The Labute approximate surface area is 191 Å². The Morgan fingerprint density at radius 1 is 1.09 bits per heavy atom. The number of nitrogens with one attached hydrogen (secondary N) is 1. The number of hydrogen-bond acceptors (Lipinski definition) is 7. The number of carbonyl (C=O) groups is 2. The molecule has 10 nitrogen and oxygen atoms in total. The van der Waals surface area contributed by atoms with Crippen molar-refractivity contribution < 1.29 is 9.59 Å². The fourth-order valence-electron chi connectivity index (χ4n) is 4.82. The summed E-state index contributed by atoms with van der Waals surface area (Å²) in [6.07, 6.45) is 4.91. The molecule has 172 valence electrons. The summed E-state index contributed by atoms with van der Waals surface area (Å²) in [7, 11) is 0. The van der Waals surface area contributed by atoms with Gasteiger partial charge in [-0.05, 0) is 62.1 Å². The van der Waals surface area contributed by atoms with Gasteiger partial charge in [0.05, 0.1) is 6.04 Å². The van der Waals surface area contributed by atoms with Gasteiger partial charge < -0.3 is 16.0 Å². The Kier molecular flexibility index (Phi) is 5.91. The topological polar surface area (TPSA) is 122 Å². The lowest BCUT2D eigenvalue weighted by Crippen LogP contribution is -2.39. The van der Waals surface area contributed by atoms with Crippen molar-refractivity contribution in [3.05, 3.63) is 48.3 Å². The molecule has 2 saturated heterocycles. The highest BCUT2D eigenvalue weighted by Crippen LogP contribution is 2.25. The molecule has 3 aromatic rings. The van der Waals surface area contributed by atoms with Crippen molar-refractivity contribution in [2.45, 2.75) is 38.3 Å². The minimum Gasteiger partial charge on any atom is -0.368 e. The summed E-state index contributed by atoms with van der Waals surface area (Å²) in [4.78, 5) is 28.9. The Hall–Kier alpha value is -3.53. The molecule has 2 fully saturated rings. The van der Waals surface area contributed by atoms with E-state index in [9.17, 15) is 9.59 Å². The normalized spacial score (nSPS) is 19.8. The van der Waals surface area contributed by atoms with Crippen LogP contribution in [0.5, 0.6) is 0 Å². The van der Waals surface area contributed by atoms with Gasteiger partial charge in [0.15, 0.2) is 5.65 Å². The third-order valence-electron chi connectivity index (χ3n) is 6.61. The molecule has 1 unspecified atom stereocenters. The monoisotopic (exact) mass is 448 g/mol. The second-order valence-electron chi connectivity index (χ2n) is 8.81. The summed E-state index contributed by atoms with van der Waals surface area (Å²) >= 11 is 0. The van der Waals surface area contributed by atoms with E-state index in [2.05, 4.69) is 30.4 Å². The van der Waals surface area contributed by atoms with Gasteiger partial charge in [0.25, 0.3) is 0 Å². The molecule has 2 aromatic heterocycles. The van der Waals surface area contributed by atoms with Gasteiger partial charge >= 0.3 is 0 Å². The van der Waals surface area contributed by atoms with E-state index in [0.29, 0.717) is 12.2 Å². The van der Waals surface area contributed by atoms with Crippen LogP contribution in [0.15, 0.2) is 42.7 Å². The number of nitrogens with zero attached hydrogens (tertiary/aromatic N) is 6. The maximum atomic E-state index is 12.9. The summed E-state index contributed by atoms with van der Waals surface area (Å²) in [6, 6.07) is 11.5. The number of rotatable bonds is 6. The fraction of sp³-hybridized carbons (Fsp3) is 0.435. The van der Waals surface area contributed by atoms with Gasteiger partial charge in [-0.3, -0.25) is 14.5 Å². The van der Waals surface area contributed by atoms with Gasteiger partial charge in [0, 0.05) is 31.2 Å². The standard InChI is InChI=1S/C23H28N8O2/c24-22(32)19-5-2-10-30(19)14-16-3-1-4-18(13-16)26-23(33)17-8-11-29(12-9-17)21-7-6-20-27-25-15-31(20)28-21/h1,3-4,6-7,13,15,17,19H,2,5,8-12,14H2,(H2,24,32)(H,26,33). The van der Waals surface area contributed by atoms with Gasteiger partial charge in [-0.25, -0.2) is 0 Å². The Balaban J connectivity index is 1.16. The lowest BCUT2D eigenvalue weighted by atomic mass is 9.95. The summed E-state index contributed by atoms with van der Waals surface area (Å²) in [5.74, 6) is 0.608. The number of aromatic nitrogens is 4. The first-order valence-electron chi connectivity index (χ1n) is 11.4. The summed E-state index contributed by atoms with van der Waals surface area (Å²) in [5.41, 5.74) is 8.10. The van der Waals surface area contributed by atoms with E-state index >= 15 is 0 Å². The van der Waals surface area contributed by atoms with Crippen LogP contribution in [0.2, 0.25) is 0 Å². The molecule has 2 amide bonds. The van der Waals surface area contributed by atoms with Gasteiger partial charge in [-0.1, -0.05) is 12.1 Å². The molecule has 10 heteroatoms. The highest BCUT2D eigenvalue weighted by atomic mass is 16.2. The Bertz CT molecular complexity index is 1150. The number of nitrogens with two attached hydrogens (primary N) is 1. The number of anilines is 2. The minimum atomic E-state index is -0.264. The molecule has 1 aromatic carbocycles. The summed E-state index contributed by atoms with van der Waals surface area (Å²) < 4.78 is 1.66. The van der Waals surface area contributed by atoms with E-state index in [4.69, 9.17) is 5.73 Å². The van der Waals surface area contributed by atoms with E-state index in [1.54, 1.807) is 10.8 Å². The molecule has 33 heavy (non-hydrogen) atoms. The van der Waals surface area contributed by atoms with Crippen molar-refractivity contribution >= 4 is 29.0 Å². The minimum absolute atomic E-state index is 0.0404. The van der Waals surface area contributed by atoms with E-state index in [1.165, 1.54) is 0 Å². The van der Waals surface area contributed by atoms with Crippen molar-refractivity contribution in [3.8, 4) is 0 Å². The van der Waals surface area contributed by atoms with Crippen molar-refractivity contribution in [2.75, 3.05) is 29.9 Å². The largest absolute Gasteiger partial charge is 0.368 e. The van der Waals surface area contributed by atoms with Crippen LogP contribution >= 0.6 is 0 Å². The van der Waals surface area contributed by atoms with Crippen LogP contribution in [-0.2, 0) is 16.1 Å². The van der Waals surface area contributed by atoms with E-state index in [1.807, 2.05) is 36.4 Å². The molecule has 1 atom stereocenters. The number of hydrogen-bond donors (Lipinski definition) is 2. The van der Waals surface area contributed by atoms with Crippen LogP contribution < -0.4 is 16.0 Å². The second kappa shape index (κ2) is 9.14. The molecular weight excluding hydrogens is 420 g/mol. The van der Waals surface area contributed by atoms with Crippen LogP contribution in [0.3, 0.4) is 0 Å². The Morgan fingerprint density at radius 3 is 2.76 bits per heavy atom. The van der Waals surface area contributed by atoms with Crippen LogP contribution in [0, 0.1) is 5.92 Å². The number of piperidine rings is 1. The first-order valence-corrected chi connectivity index (χ1v) is 11.4. The average molecular weight is 449 g/mol. The lowest BCUT2D eigenvalue weighted by Gasteiger charge is -2.32. The summed E-state index contributed by atoms with van der Waals surface area (Å²) in [5, 5.41) is 15.5. The molecule has 0 aliphatic carbocycles. The number of primary amides is 1. The molecule has 0 radical (unpaired) electrons. The van der Waals surface area contributed by atoms with Gasteiger partial charge in [-0.15, -0.1) is 15.3 Å². The van der Waals surface area contributed by atoms with Gasteiger partial charge in [0.1, 0.15) is 12.1 Å². The molecule has 4 heterocycles. The van der Waals surface area contributed by atoms with E-state index in [-0.39, 0.29) is 23.8 Å². The fourth-order valence-corrected chi connectivity index (χ4v) is 4.82. The first-order chi connectivity index (χ1) is 16.1. The molecule has 0 spiro atoms. The van der Waals surface area contributed by atoms with E-state index in [0.717, 1.165) is 62.4 Å². The van der Waals surface area contributed by atoms with Crippen LogP contribution in [0.4, 0.5) is 11.5 Å². The third kappa shape index (κ3) is 4.65. The highest BCUT2D eigenvalue weighted by Gasteiger charge is 2.29. The number of fused-ring (bicyclic) bond motifs is 1. The van der Waals surface area contributed by atoms with Gasteiger partial charge in [-0.2, -0.15) is 4.52 Å². The molecule has 0 bridgehead atoms. The van der Waals surface area contributed by atoms with Crippen molar-refractivity contribution in [1.29, 1.82) is 0 Å². The number of benzene rings is 1. The van der Waals surface area contributed by atoms with E-state index < -0.39 is 0 Å². The average Bonchev–Trinajstić information content (AvgIpc) is 3.48. The van der Waals surface area contributed by atoms with Crippen LogP contribution in [-0.4, -0.2) is 62.2 Å². The molecule has 0 saturated carbocycles. The van der Waals surface area contributed by atoms with Crippen molar-refractivity contribution in [3.63, 3.8) is 0 Å². The van der Waals surface area contributed by atoms with Crippen LogP contribution in [0.25, 0.3) is 5.65 Å². The zero-order chi connectivity index (χ0) is 22.8. The first kappa shape index (κ1) is 21.3. The number of amides is 2. The van der Waals surface area contributed by atoms with Crippen molar-refractivity contribution in [2.24, 2.45) is 11.7 Å². The van der Waals surface area contributed by atoms with Crippen LogP contribution in [0.1, 0.15) is 31.2 Å². The SMILES string of the molecule is NC(=O)C1CCCN1Cc1cccc(NC(=O)C2CCN(c3ccc4nncn4n3)CC2)c1. The third-order valence-corrected chi connectivity index (χ3v) is 6.61. The molecule has 2 aliphatic heterocycles. The summed E-state index contributed by atoms with van der Waals surface area (Å²) in [6.45, 7) is 3.05. The predicted molar refractivity (Wildman–Crippen MR) is 123 cm³/mol. The molecule has 3 N–H and O–H groups in total. The zero-order valence-corrected chi connectivity index (χ0v) is 18.4. The van der Waals surface area contributed by atoms with Crippen molar-refractivity contribution in [1.82, 2.24) is 24.7 Å². The maximum absolute atomic E-state index is 12.9. The smallest absolute Gasteiger partial charge is 0.234 e. The zero-order valence-electron chi connectivity index (χ0n) is 18.4. The molecule has 5 rings (SSSR count). The highest BCUT2D eigenvalue weighted by molar-refractivity contribution is 5.92. The van der Waals surface area contributed by atoms with Gasteiger partial charge in [0.2, 0.25) is 11.8 Å². The lowest BCUT2D eigenvalue weighted by molar-refractivity contribution is -0.122. The molecule has 2 aliphatic rings.